The number of nitrogens with zero attached hydrogens (tertiary/aromatic N) is 1. The van der Waals surface area contributed by atoms with E-state index in [1.807, 2.05) is 60.8 Å². The van der Waals surface area contributed by atoms with Gasteiger partial charge in [-0.1, -0.05) is 24.3 Å². The first kappa shape index (κ1) is 18.4. The van der Waals surface area contributed by atoms with Gasteiger partial charge in [0, 0.05) is 13.4 Å². The van der Waals surface area contributed by atoms with Crippen molar-refractivity contribution in [2.75, 3.05) is 0 Å². The molecule has 1 unspecified atom stereocenters. The fraction of sp³-hybridized carbons (Fsp3) is 0.0952. The van der Waals surface area contributed by atoms with Crippen LogP contribution in [0.1, 0.15) is 24.1 Å². The molecule has 0 saturated heterocycles. The van der Waals surface area contributed by atoms with Crippen LogP contribution < -0.4 is 4.74 Å². The summed E-state index contributed by atoms with van der Waals surface area (Å²) in [5.41, 5.74) is 2.31. The molecule has 2 nitrogen and oxygen atoms in total. The molecule has 3 rings (SSSR count). The number of aliphatic imine (C=N–C) groups is 1. The van der Waals surface area contributed by atoms with Crippen molar-refractivity contribution in [1.82, 2.24) is 0 Å². The summed E-state index contributed by atoms with van der Waals surface area (Å²) in [5, 5.41) is 0. The summed E-state index contributed by atoms with van der Waals surface area (Å²) < 4.78 is 8.31. The molecule has 0 N–H and O–H groups in total. The monoisotopic (exact) mass is 553 g/mol. The highest BCUT2D eigenvalue weighted by Crippen LogP contribution is 2.25. The van der Waals surface area contributed by atoms with Gasteiger partial charge in [0.1, 0.15) is 11.5 Å². The summed E-state index contributed by atoms with van der Waals surface area (Å²) in [7, 11) is 0. The number of hydrogen-bond donors (Lipinski definition) is 0. The number of rotatable bonds is 5. The zero-order valence-corrected chi connectivity index (χ0v) is 18.0. The predicted octanol–water partition coefficient (Wildman–Crippen LogP) is 6.87. The van der Waals surface area contributed by atoms with E-state index in [9.17, 15) is 0 Å². The third-order valence-corrected chi connectivity index (χ3v) is 5.32. The van der Waals surface area contributed by atoms with Crippen molar-refractivity contribution in [3.63, 3.8) is 0 Å². The van der Waals surface area contributed by atoms with Crippen LogP contribution in [0.4, 0.5) is 0 Å². The van der Waals surface area contributed by atoms with Crippen molar-refractivity contribution in [2.24, 2.45) is 4.99 Å². The summed E-state index contributed by atoms with van der Waals surface area (Å²) in [6.45, 7) is 2.12. The Balaban J connectivity index is 1.67. The molecule has 126 valence electrons. The lowest BCUT2D eigenvalue weighted by Crippen LogP contribution is -1.95. The third-order valence-electron chi connectivity index (χ3n) is 3.72. The molecule has 0 amide bonds. The Morgan fingerprint density at radius 2 is 1.56 bits per heavy atom. The second kappa shape index (κ2) is 8.80. The maximum atomic E-state index is 5.81. The fourth-order valence-corrected chi connectivity index (χ4v) is 4.42. The first-order valence-electron chi connectivity index (χ1n) is 7.93. The molecule has 0 spiro atoms. The number of ether oxygens (including phenoxy) is 1. The summed E-state index contributed by atoms with van der Waals surface area (Å²) in [6.07, 6.45) is 1.92. The molecule has 0 aliphatic rings. The van der Waals surface area contributed by atoms with Crippen LogP contribution in [0.2, 0.25) is 0 Å². The Labute approximate surface area is 175 Å². The average Bonchev–Trinajstić information content (AvgIpc) is 2.62. The molecular weight excluding hydrogens is 536 g/mol. The lowest BCUT2D eigenvalue weighted by atomic mass is 10.1. The van der Waals surface area contributed by atoms with Gasteiger partial charge in [-0.3, -0.25) is 4.99 Å². The van der Waals surface area contributed by atoms with Crippen molar-refractivity contribution in [1.29, 1.82) is 0 Å². The first-order valence-corrected chi connectivity index (χ1v) is 10.1. The Morgan fingerprint density at radius 3 is 2.24 bits per heavy atom. The molecule has 0 heterocycles. The molecule has 4 heteroatoms. The van der Waals surface area contributed by atoms with Crippen molar-refractivity contribution in [2.45, 2.75) is 13.0 Å². The number of hydrogen-bond acceptors (Lipinski definition) is 2. The van der Waals surface area contributed by atoms with Crippen LogP contribution in [-0.4, -0.2) is 6.21 Å². The van der Waals surface area contributed by atoms with Crippen LogP contribution in [0.15, 0.2) is 77.8 Å². The van der Waals surface area contributed by atoms with Gasteiger partial charge in [-0.2, -0.15) is 0 Å². The van der Waals surface area contributed by atoms with Crippen LogP contribution >= 0.6 is 45.2 Å². The topological polar surface area (TPSA) is 21.6 Å². The molecular formula is C21H17I2NO. The highest BCUT2D eigenvalue weighted by atomic mass is 127. The van der Waals surface area contributed by atoms with E-state index in [4.69, 9.17) is 9.73 Å². The molecule has 0 saturated carbocycles. The number of benzene rings is 3. The van der Waals surface area contributed by atoms with Gasteiger partial charge in [0.15, 0.2) is 0 Å². The lowest BCUT2D eigenvalue weighted by Gasteiger charge is -2.10. The standard InChI is InChI=1S/C21H17I2NO/c1-15(20-12-9-17(22)13-21(20)23)24-14-16-7-10-19(11-8-16)25-18-5-3-2-4-6-18/h2-15H,1H3. The highest BCUT2D eigenvalue weighted by Gasteiger charge is 2.07. The van der Waals surface area contributed by atoms with E-state index in [1.165, 1.54) is 12.7 Å². The van der Waals surface area contributed by atoms with E-state index >= 15 is 0 Å². The molecule has 0 fully saturated rings. The van der Waals surface area contributed by atoms with Crippen molar-refractivity contribution >= 4 is 51.4 Å². The first-order chi connectivity index (χ1) is 12.1. The molecule has 3 aromatic rings. The van der Waals surface area contributed by atoms with E-state index in [1.54, 1.807) is 0 Å². The zero-order chi connectivity index (χ0) is 17.6. The minimum Gasteiger partial charge on any atom is -0.457 e. The van der Waals surface area contributed by atoms with Gasteiger partial charge in [-0.15, -0.1) is 0 Å². The van der Waals surface area contributed by atoms with E-state index in [0.29, 0.717) is 0 Å². The molecule has 3 aromatic carbocycles. The summed E-state index contributed by atoms with van der Waals surface area (Å²) in [4.78, 5) is 4.70. The molecule has 0 aliphatic carbocycles. The van der Waals surface area contributed by atoms with Crippen LogP contribution in [0.25, 0.3) is 0 Å². The van der Waals surface area contributed by atoms with Gasteiger partial charge in [-0.25, -0.2) is 0 Å². The largest absolute Gasteiger partial charge is 0.457 e. The number of para-hydroxylation sites is 1. The minimum absolute atomic E-state index is 0.129. The van der Waals surface area contributed by atoms with E-state index < -0.39 is 0 Å². The Kier molecular flexibility index (Phi) is 6.47. The van der Waals surface area contributed by atoms with Crippen LogP contribution in [0.5, 0.6) is 11.5 Å². The second-order valence-corrected chi connectivity index (χ2v) is 8.01. The fourth-order valence-electron chi connectivity index (χ4n) is 2.37. The van der Waals surface area contributed by atoms with E-state index in [2.05, 4.69) is 70.3 Å². The Morgan fingerprint density at radius 1 is 0.880 bits per heavy atom. The molecule has 0 aliphatic heterocycles. The quantitative estimate of drug-likeness (QED) is 0.250. The predicted molar refractivity (Wildman–Crippen MR) is 121 cm³/mol. The SMILES string of the molecule is CC(N=Cc1ccc(Oc2ccccc2)cc1)c1ccc(I)cc1I. The minimum atomic E-state index is 0.129. The molecule has 1 atom stereocenters. The van der Waals surface area contributed by atoms with Crippen LogP contribution in [-0.2, 0) is 0 Å². The molecule has 25 heavy (non-hydrogen) atoms. The summed E-state index contributed by atoms with van der Waals surface area (Å²) in [6, 6.07) is 24.3. The van der Waals surface area contributed by atoms with E-state index in [0.717, 1.165) is 17.1 Å². The van der Waals surface area contributed by atoms with Gasteiger partial charge >= 0.3 is 0 Å². The maximum Gasteiger partial charge on any atom is 0.127 e. The van der Waals surface area contributed by atoms with Gasteiger partial charge in [-0.05, 0) is 112 Å². The number of halogens is 2. The van der Waals surface area contributed by atoms with Crippen molar-refractivity contribution < 1.29 is 4.74 Å². The lowest BCUT2D eigenvalue weighted by molar-refractivity contribution is 0.482. The maximum absolute atomic E-state index is 5.81. The van der Waals surface area contributed by atoms with Gasteiger partial charge < -0.3 is 4.74 Å². The summed E-state index contributed by atoms with van der Waals surface area (Å²) >= 11 is 4.71. The zero-order valence-electron chi connectivity index (χ0n) is 13.7. The summed E-state index contributed by atoms with van der Waals surface area (Å²) in [5.74, 6) is 1.66. The third kappa shape index (κ3) is 5.28. The normalized spacial score (nSPS) is 12.3. The van der Waals surface area contributed by atoms with Gasteiger partial charge in [0.2, 0.25) is 0 Å². The second-order valence-electron chi connectivity index (χ2n) is 5.60. The van der Waals surface area contributed by atoms with Gasteiger partial charge in [0.25, 0.3) is 0 Å². The van der Waals surface area contributed by atoms with Crippen LogP contribution in [0.3, 0.4) is 0 Å². The highest BCUT2D eigenvalue weighted by molar-refractivity contribution is 14.1. The van der Waals surface area contributed by atoms with Crippen molar-refractivity contribution in [3.05, 3.63) is 91.1 Å². The van der Waals surface area contributed by atoms with Gasteiger partial charge in [0.05, 0.1) is 6.04 Å². The smallest absolute Gasteiger partial charge is 0.127 e. The van der Waals surface area contributed by atoms with E-state index in [-0.39, 0.29) is 6.04 Å². The van der Waals surface area contributed by atoms with Crippen LogP contribution in [0, 0.1) is 7.14 Å². The average molecular weight is 553 g/mol. The Bertz CT molecular complexity index is 861. The van der Waals surface area contributed by atoms with Crippen molar-refractivity contribution in [3.8, 4) is 11.5 Å². The molecule has 0 bridgehead atoms. The Hall–Kier alpha value is -1.41. The molecule has 0 radical (unpaired) electrons. The molecule has 0 aromatic heterocycles.